The van der Waals surface area contributed by atoms with Crippen molar-refractivity contribution in [3.8, 4) is 11.8 Å². The molecule has 4 aromatic rings. The van der Waals surface area contributed by atoms with Crippen molar-refractivity contribution in [2.24, 2.45) is 10.2 Å². The smallest absolute Gasteiger partial charge is 0.297 e. The van der Waals surface area contributed by atoms with E-state index in [1.54, 1.807) is 18.2 Å². The minimum atomic E-state index is -0.762. The molecule has 0 aliphatic heterocycles. The number of carbonyl (C=O) groups is 2. The molecule has 0 aliphatic rings. The van der Waals surface area contributed by atoms with Gasteiger partial charge >= 0.3 is 0 Å². The molecule has 2 N–H and O–H groups in total. The van der Waals surface area contributed by atoms with Crippen molar-refractivity contribution in [1.29, 1.82) is 0 Å². The van der Waals surface area contributed by atoms with Crippen LogP contribution in [-0.2, 0) is 6.54 Å². The summed E-state index contributed by atoms with van der Waals surface area (Å²) in [5, 5.41) is 28.3. The van der Waals surface area contributed by atoms with E-state index in [4.69, 9.17) is 4.42 Å². The maximum atomic E-state index is 12.3. The van der Waals surface area contributed by atoms with Crippen molar-refractivity contribution in [3.63, 3.8) is 0 Å². The van der Waals surface area contributed by atoms with E-state index in [9.17, 15) is 19.8 Å². The van der Waals surface area contributed by atoms with Crippen molar-refractivity contribution in [1.82, 2.24) is 9.55 Å². The second-order valence-electron chi connectivity index (χ2n) is 6.13. The maximum Gasteiger partial charge on any atom is 0.297 e. The zero-order valence-electron chi connectivity index (χ0n) is 14.9. The van der Waals surface area contributed by atoms with Gasteiger partial charge in [0.25, 0.3) is 11.8 Å². The summed E-state index contributed by atoms with van der Waals surface area (Å²) in [6, 6.07) is 10.8. The summed E-state index contributed by atoms with van der Waals surface area (Å²) in [5.41, 5.74) is 0.308. The summed E-state index contributed by atoms with van der Waals surface area (Å²) in [6.45, 7) is 0.113. The highest BCUT2D eigenvalue weighted by Crippen LogP contribution is 2.37. The number of hydrogen-bond acceptors (Lipinski definition) is 6. The van der Waals surface area contributed by atoms with Crippen LogP contribution in [0.4, 0.5) is 0 Å². The molecule has 0 saturated carbocycles. The van der Waals surface area contributed by atoms with E-state index in [2.05, 4.69) is 15.2 Å². The monoisotopic (exact) mass is 390 g/mol. The van der Waals surface area contributed by atoms with Crippen LogP contribution in [-0.4, -0.2) is 31.6 Å². The van der Waals surface area contributed by atoms with Gasteiger partial charge in [-0.05, 0) is 42.5 Å². The number of carbonyl (C=O) groups excluding carboxylic acids is 2. The molecule has 0 saturated heterocycles. The van der Waals surface area contributed by atoms with Gasteiger partial charge in [-0.25, -0.2) is 0 Å². The first-order valence-electron chi connectivity index (χ1n) is 8.51. The number of rotatable bonds is 4. The quantitative estimate of drug-likeness (QED) is 0.513. The van der Waals surface area contributed by atoms with Gasteiger partial charge in [0.15, 0.2) is 0 Å². The van der Waals surface area contributed by atoms with E-state index in [0.29, 0.717) is 11.1 Å². The molecule has 3 aromatic heterocycles. The molecule has 0 fully saturated rings. The number of nitrogens with zero attached hydrogens (tertiary/aromatic N) is 4. The van der Waals surface area contributed by atoms with E-state index >= 15 is 0 Å². The Morgan fingerprint density at radius 2 is 1.72 bits per heavy atom. The highest BCUT2D eigenvalue weighted by molar-refractivity contribution is 6.03. The van der Waals surface area contributed by atoms with Gasteiger partial charge in [0.05, 0.1) is 18.4 Å². The second-order valence-corrected chi connectivity index (χ2v) is 6.13. The molecule has 29 heavy (non-hydrogen) atoms. The summed E-state index contributed by atoms with van der Waals surface area (Å²) in [5.74, 6) is -1.32. The summed E-state index contributed by atoms with van der Waals surface area (Å²) in [6.07, 6.45) is 4.32. The third kappa shape index (κ3) is 3.48. The number of azo groups is 1. The predicted octanol–water partition coefficient (Wildman–Crippen LogP) is 3.52. The lowest BCUT2D eigenvalue weighted by Gasteiger charge is -2.03. The van der Waals surface area contributed by atoms with Gasteiger partial charge in [-0.2, -0.15) is 0 Å². The van der Waals surface area contributed by atoms with Crippen LogP contribution >= 0.6 is 0 Å². The van der Waals surface area contributed by atoms with E-state index in [0.717, 1.165) is 0 Å². The van der Waals surface area contributed by atoms with Gasteiger partial charge in [-0.3, -0.25) is 19.1 Å². The molecule has 1 aromatic carbocycles. The van der Waals surface area contributed by atoms with Gasteiger partial charge in [0.1, 0.15) is 5.76 Å². The van der Waals surface area contributed by atoms with Crippen LogP contribution in [0.2, 0.25) is 0 Å². The Bertz CT molecular complexity index is 1230. The standard InChI is InChI=1S/C20H14N4O5/c25-17(22-23-18(26)13-3-1-7-21-10-13)12-5-6-15-16(9-12)20(28)24(19(15)27)11-14-4-2-8-29-14/h1-10,27-28H,11H2. The topological polar surface area (TPSA) is 130 Å². The lowest BCUT2D eigenvalue weighted by atomic mass is 10.1. The minimum absolute atomic E-state index is 0.102. The summed E-state index contributed by atoms with van der Waals surface area (Å²) < 4.78 is 6.49. The lowest BCUT2D eigenvalue weighted by molar-refractivity contribution is 0.0946. The molecular formula is C20H14N4O5. The van der Waals surface area contributed by atoms with Crippen molar-refractivity contribution in [3.05, 3.63) is 78.0 Å². The Labute approximate surface area is 163 Å². The number of aromatic nitrogens is 2. The summed E-state index contributed by atoms with van der Waals surface area (Å²) >= 11 is 0. The predicted molar refractivity (Wildman–Crippen MR) is 101 cm³/mol. The number of pyridine rings is 1. The first-order chi connectivity index (χ1) is 14.0. The molecule has 9 heteroatoms. The molecule has 144 valence electrons. The fourth-order valence-electron chi connectivity index (χ4n) is 2.85. The number of furan rings is 1. The molecule has 0 radical (unpaired) electrons. The Kier molecular flexibility index (Phi) is 4.62. The van der Waals surface area contributed by atoms with Crippen LogP contribution in [0.15, 0.2) is 75.8 Å². The van der Waals surface area contributed by atoms with E-state index < -0.39 is 11.8 Å². The molecule has 3 heterocycles. The number of amides is 2. The molecular weight excluding hydrogens is 376 g/mol. The summed E-state index contributed by atoms with van der Waals surface area (Å²) in [4.78, 5) is 28.0. The zero-order valence-corrected chi connectivity index (χ0v) is 14.9. The molecule has 0 aliphatic carbocycles. The Morgan fingerprint density at radius 1 is 0.966 bits per heavy atom. The molecule has 4 rings (SSSR count). The highest BCUT2D eigenvalue weighted by atomic mass is 16.3. The average molecular weight is 390 g/mol. The van der Waals surface area contributed by atoms with Crippen LogP contribution in [0.25, 0.3) is 10.8 Å². The third-order valence-electron chi connectivity index (χ3n) is 4.29. The number of fused-ring (bicyclic) bond motifs is 1. The molecule has 0 atom stereocenters. The van der Waals surface area contributed by atoms with Crippen LogP contribution < -0.4 is 0 Å². The average Bonchev–Trinajstić information content (AvgIpc) is 3.35. The van der Waals surface area contributed by atoms with Crippen LogP contribution in [0.5, 0.6) is 11.8 Å². The third-order valence-corrected chi connectivity index (χ3v) is 4.29. The Morgan fingerprint density at radius 3 is 2.41 bits per heavy atom. The largest absolute Gasteiger partial charge is 0.494 e. The van der Waals surface area contributed by atoms with Crippen molar-refractivity contribution < 1.29 is 24.2 Å². The Balaban J connectivity index is 1.61. The van der Waals surface area contributed by atoms with E-state index in [1.807, 2.05) is 0 Å². The molecule has 9 nitrogen and oxygen atoms in total. The van der Waals surface area contributed by atoms with Gasteiger partial charge in [-0.1, -0.05) is 0 Å². The van der Waals surface area contributed by atoms with Crippen molar-refractivity contribution in [2.75, 3.05) is 0 Å². The number of hydrogen-bond donors (Lipinski definition) is 2. The second kappa shape index (κ2) is 7.39. The first-order valence-corrected chi connectivity index (χ1v) is 8.51. The number of benzene rings is 1. The Hall–Kier alpha value is -4.27. The molecule has 0 bridgehead atoms. The van der Waals surface area contributed by atoms with Gasteiger partial charge in [0, 0.05) is 28.7 Å². The normalized spacial score (nSPS) is 11.3. The van der Waals surface area contributed by atoms with Crippen molar-refractivity contribution >= 4 is 22.6 Å². The zero-order chi connectivity index (χ0) is 20.4. The van der Waals surface area contributed by atoms with Gasteiger partial charge in [-0.15, -0.1) is 10.2 Å². The van der Waals surface area contributed by atoms with Crippen LogP contribution in [0.1, 0.15) is 26.5 Å². The van der Waals surface area contributed by atoms with Gasteiger partial charge < -0.3 is 14.6 Å². The highest BCUT2D eigenvalue weighted by Gasteiger charge is 2.19. The van der Waals surface area contributed by atoms with Gasteiger partial charge in [0.2, 0.25) is 11.8 Å². The maximum absolute atomic E-state index is 12.3. The van der Waals surface area contributed by atoms with E-state index in [-0.39, 0.29) is 34.8 Å². The van der Waals surface area contributed by atoms with Crippen LogP contribution in [0, 0.1) is 0 Å². The summed E-state index contributed by atoms with van der Waals surface area (Å²) in [7, 11) is 0. The molecule has 0 spiro atoms. The van der Waals surface area contributed by atoms with Crippen LogP contribution in [0.3, 0.4) is 0 Å². The fourth-order valence-corrected chi connectivity index (χ4v) is 2.85. The SMILES string of the molecule is O=C(N=NC(=O)c1ccc2c(O)n(Cc3ccco3)c(O)c2c1)c1cccnc1. The molecule has 0 unspecified atom stereocenters. The van der Waals surface area contributed by atoms with E-state index in [1.165, 1.54) is 47.5 Å². The minimum Gasteiger partial charge on any atom is -0.494 e. The lowest BCUT2D eigenvalue weighted by Crippen LogP contribution is -1.98. The fraction of sp³-hybridized carbons (Fsp3) is 0.0500. The number of aromatic hydroxyl groups is 2. The first kappa shape index (κ1) is 18.1. The van der Waals surface area contributed by atoms with Crippen molar-refractivity contribution in [2.45, 2.75) is 6.54 Å². The molecule has 2 amide bonds.